The first-order valence-corrected chi connectivity index (χ1v) is 8.92. The molecule has 1 heterocycles. The number of rotatable bonds is 6. The first-order valence-electron chi connectivity index (χ1n) is 8.92. The summed E-state index contributed by atoms with van der Waals surface area (Å²) < 4.78 is 21.5. The highest BCUT2D eigenvalue weighted by molar-refractivity contribution is 6.15. The van der Waals surface area contributed by atoms with Crippen LogP contribution in [0.5, 0.6) is 17.2 Å². The molecule has 0 atom stereocenters. The maximum absolute atomic E-state index is 12.7. The Morgan fingerprint density at radius 2 is 1.96 bits per heavy atom. The fourth-order valence-electron chi connectivity index (χ4n) is 2.88. The molecule has 2 aromatic rings. The van der Waals surface area contributed by atoms with Gasteiger partial charge in [-0.3, -0.25) is 4.79 Å². The average Bonchev–Trinajstić information content (AvgIpc) is 2.95. The lowest BCUT2D eigenvalue weighted by molar-refractivity contribution is -0.149. The van der Waals surface area contributed by atoms with Crippen molar-refractivity contribution in [2.24, 2.45) is 0 Å². The van der Waals surface area contributed by atoms with Crippen LogP contribution in [-0.2, 0) is 9.53 Å². The molecule has 6 heteroatoms. The maximum atomic E-state index is 12.7. The second kappa shape index (κ2) is 8.17. The van der Waals surface area contributed by atoms with E-state index in [0.717, 1.165) is 5.56 Å². The molecule has 0 saturated heterocycles. The van der Waals surface area contributed by atoms with Crippen molar-refractivity contribution in [3.63, 3.8) is 0 Å². The van der Waals surface area contributed by atoms with Crippen molar-refractivity contribution in [1.82, 2.24) is 0 Å². The summed E-state index contributed by atoms with van der Waals surface area (Å²) in [6, 6.07) is 10.6. The van der Waals surface area contributed by atoms with Gasteiger partial charge in [-0.25, -0.2) is 4.79 Å². The number of Topliss-reactive ketones (excluding diaryl/α,β-unsaturated/α-hetero) is 1. The highest BCUT2D eigenvalue weighted by Gasteiger charge is 2.30. The summed E-state index contributed by atoms with van der Waals surface area (Å²) in [5, 5.41) is 0. The summed E-state index contributed by atoms with van der Waals surface area (Å²) in [5.41, 5.74) is 2.00. The lowest BCUT2D eigenvalue weighted by atomic mass is 10.0. The van der Waals surface area contributed by atoms with Crippen LogP contribution in [0.25, 0.3) is 6.08 Å². The molecule has 0 aromatic heterocycles. The van der Waals surface area contributed by atoms with Crippen LogP contribution in [0.3, 0.4) is 0 Å². The van der Waals surface area contributed by atoms with Gasteiger partial charge in [0, 0.05) is 6.07 Å². The average molecular weight is 382 g/mol. The number of ketones is 1. The van der Waals surface area contributed by atoms with Crippen LogP contribution in [0.15, 0.2) is 42.2 Å². The van der Waals surface area contributed by atoms with E-state index in [2.05, 4.69) is 0 Å². The Hall–Kier alpha value is -3.28. The molecular formula is C22H22O6. The Morgan fingerprint density at radius 1 is 1.18 bits per heavy atom. The number of carbonyl (C=O) groups excluding carboxylic acids is 2. The zero-order valence-electron chi connectivity index (χ0n) is 16.3. The van der Waals surface area contributed by atoms with E-state index >= 15 is 0 Å². The molecule has 0 fully saturated rings. The van der Waals surface area contributed by atoms with Crippen molar-refractivity contribution in [2.45, 2.75) is 26.9 Å². The minimum absolute atomic E-state index is 0.193. The Balaban J connectivity index is 1.80. The lowest BCUT2D eigenvalue weighted by Crippen LogP contribution is -2.18. The maximum Gasteiger partial charge on any atom is 0.344 e. The van der Waals surface area contributed by atoms with Crippen LogP contribution < -0.4 is 14.2 Å². The standard InChI is InChI=1S/C22H22O6/c1-13(2)27-20(23)12-26-17-8-14(3)21-18(11-17)28-19(22(21)24)10-15-6-5-7-16(9-15)25-4/h5-11,13H,12H2,1-4H3/b19-10-. The Kier molecular flexibility index (Phi) is 5.68. The molecule has 0 radical (unpaired) electrons. The number of fused-ring (bicyclic) bond motifs is 1. The van der Waals surface area contributed by atoms with E-state index in [1.807, 2.05) is 24.3 Å². The van der Waals surface area contributed by atoms with Crippen molar-refractivity contribution < 1.29 is 28.5 Å². The molecule has 0 spiro atoms. The first kappa shape index (κ1) is 19.5. The third kappa shape index (κ3) is 4.34. The number of hydrogen-bond donors (Lipinski definition) is 0. The molecule has 1 aliphatic heterocycles. The zero-order chi connectivity index (χ0) is 20.3. The molecular weight excluding hydrogens is 360 g/mol. The van der Waals surface area contributed by atoms with Crippen molar-refractivity contribution >= 4 is 17.8 Å². The van der Waals surface area contributed by atoms with Crippen LogP contribution in [0.1, 0.15) is 35.3 Å². The van der Waals surface area contributed by atoms with Gasteiger partial charge < -0.3 is 18.9 Å². The van der Waals surface area contributed by atoms with Crippen molar-refractivity contribution in [2.75, 3.05) is 13.7 Å². The lowest BCUT2D eigenvalue weighted by Gasteiger charge is -2.10. The van der Waals surface area contributed by atoms with Crippen molar-refractivity contribution in [3.8, 4) is 17.2 Å². The summed E-state index contributed by atoms with van der Waals surface area (Å²) in [5.74, 6) is 1.11. The minimum atomic E-state index is -0.455. The van der Waals surface area contributed by atoms with E-state index in [1.165, 1.54) is 0 Å². The second-order valence-corrected chi connectivity index (χ2v) is 6.66. The zero-order valence-corrected chi connectivity index (χ0v) is 16.3. The minimum Gasteiger partial charge on any atom is -0.497 e. The number of hydrogen-bond acceptors (Lipinski definition) is 6. The molecule has 0 saturated carbocycles. The summed E-state index contributed by atoms with van der Waals surface area (Å²) in [4.78, 5) is 24.4. The number of benzene rings is 2. The third-order valence-electron chi connectivity index (χ3n) is 4.06. The molecule has 6 nitrogen and oxygen atoms in total. The van der Waals surface area contributed by atoms with E-state index in [0.29, 0.717) is 28.4 Å². The molecule has 0 unspecified atom stereocenters. The number of methoxy groups -OCH3 is 1. The number of esters is 1. The molecule has 28 heavy (non-hydrogen) atoms. The van der Waals surface area contributed by atoms with E-state index < -0.39 is 5.97 Å². The third-order valence-corrected chi connectivity index (χ3v) is 4.06. The van der Waals surface area contributed by atoms with Gasteiger partial charge in [-0.1, -0.05) is 12.1 Å². The predicted molar refractivity (Wildman–Crippen MR) is 104 cm³/mol. The van der Waals surface area contributed by atoms with Crippen molar-refractivity contribution in [1.29, 1.82) is 0 Å². The Morgan fingerprint density at radius 3 is 2.68 bits per heavy atom. The quantitative estimate of drug-likeness (QED) is 0.556. The largest absolute Gasteiger partial charge is 0.497 e. The molecule has 146 valence electrons. The number of allylic oxidation sites excluding steroid dienone is 1. The monoisotopic (exact) mass is 382 g/mol. The van der Waals surface area contributed by atoms with E-state index in [9.17, 15) is 9.59 Å². The topological polar surface area (TPSA) is 71.1 Å². The van der Waals surface area contributed by atoms with Crippen LogP contribution in [0, 0.1) is 6.92 Å². The van der Waals surface area contributed by atoms with E-state index in [-0.39, 0.29) is 24.3 Å². The summed E-state index contributed by atoms with van der Waals surface area (Å²) in [6.45, 7) is 5.13. The molecule has 0 aliphatic carbocycles. The van der Waals surface area contributed by atoms with Gasteiger partial charge in [0.05, 0.1) is 18.8 Å². The molecule has 1 aliphatic rings. The Labute approximate surface area is 163 Å². The van der Waals surface area contributed by atoms with E-state index in [1.54, 1.807) is 46.1 Å². The molecule has 0 N–H and O–H groups in total. The number of aryl methyl sites for hydroxylation is 1. The van der Waals surface area contributed by atoms with Gasteiger partial charge in [0.15, 0.2) is 12.4 Å². The normalized spacial score (nSPS) is 14.0. The van der Waals surface area contributed by atoms with Gasteiger partial charge in [0.25, 0.3) is 0 Å². The van der Waals surface area contributed by atoms with Gasteiger partial charge in [-0.2, -0.15) is 0 Å². The van der Waals surface area contributed by atoms with Crippen LogP contribution in [0.4, 0.5) is 0 Å². The predicted octanol–water partition coefficient (Wildman–Crippen LogP) is 3.95. The van der Waals surface area contributed by atoms with Crippen LogP contribution >= 0.6 is 0 Å². The van der Waals surface area contributed by atoms with Gasteiger partial charge in [-0.15, -0.1) is 0 Å². The highest BCUT2D eigenvalue weighted by Crippen LogP contribution is 2.37. The number of carbonyl (C=O) groups is 2. The summed E-state index contributed by atoms with van der Waals surface area (Å²) >= 11 is 0. The van der Waals surface area contributed by atoms with Gasteiger partial charge >= 0.3 is 5.97 Å². The summed E-state index contributed by atoms with van der Waals surface area (Å²) in [6.07, 6.45) is 1.47. The summed E-state index contributed by atoms with van der Waals surface area (Å²) in [7, 11) is 1.58. The SMILES string of the molecule is COc1cccc(/C=C2\Oc3cc(OCC(=O)OC(C)C)cc(C)c3C2=O)c1. The fraction of sp³-hybridized carbons (Fsp3) is 0.273. The number of ether oxygens (including phenoxy) is 4. The molecule has 2 aromatic carbocycles. The van der Waals surface area contributed by atoms with Crippen LogP contribution in [-0.4, -0.2) is 31.6 Å². The first-order chi connectivity index (χ1) is 13.4. The van der Waals surface area contributed by atoms with E-state index in [4.69, 9.17) is 18.9 Å². The molecule has 3 rings (SSSR count). The second-order valence-electron chi connectivity index (χ2n) is 6.66. The smallest absolute Gasteiger partial charge is 0.344 e. The fourth-order valence-corrected chi connectivity index (χ4v) is 2.88. The molecule has 0 amide bonds. The van der Waals surface area contributed by atoms with Crippen LogP contribution in [0.2, 0.25) is 0 Å². The molecule has 0 bridgehead atoms. The van der Waals surface area contributed by atoms with Gasteiger partial charge in [0.2, 0.25) is 5.78 Å². The highest BCUT2D eigenvalue weighted by atomic mass is 16.6. The van der Waals surface area contributed by atoms with Gasteiger partial charge in [0.1, 0.15) is 17.2 Å². The van der Waals surface area contributed by atoms with Gasteiger partial charge in [-0.05, 0) is 56.2 Å². The van der Waals surface area contributed by atoms with Crippen molar-refractivity contribution in [3.05, 3.63) is 58.8 Å². The Bertz CT molecular complexity index is 942.